The third-order valence-corrected chi connectivity index (χ3v) is 5.13. The zero-order chi connectivity index (χ0) is 17.5. The highest BCUT2D eigenvalue weighted by Crippen LogP contribution is 2.27. The zero-order valence-corrected chi connectivity index (χ0v) is 14.9. The predicted molar refractivity (Wildman–Crippen MR) is 103 cm³/mol. The molecule has 1 aliphatic heterocycles. The molecule has 1 saturated heterocycles. The minimum absolute atomic E-state index is 0.156. The molecule has 0 bridgehead atoms. The normalized spacial score (nSPS) is 20.4. The van der Waals surface area contributed by atoms with Gasteiger partial charge in [-0.2, -0.15) is 0 Å². The van der Waals surface area contributed by atoms with Crippen LogP contribution in [0.25, 0.3) is 0 Å². The van der Waals surface area contributed by atoms with Crippen molar-refractivity contribution in [2.75, 3.05) is 13.1 Å². The van der Waals surface area contributed by atoms with E-state index in [4.69, 9.17) is 0 Å². The zero-order valence-electron chi connectivity index (χ0n) is 14.9. The topological polar surface area (TPSA) is 41.1 Å². The maximum absolute atomic E-state index is 12.5. The Bertz CT molecular complexity index is 617. The Morgan fingerprint density at radius 3 is 2.24 bits per heavy atom. The van der Waals surface area contributed by atoms with Gasteiger partial charge in [0.15, 0.2) is 0 Å². The number of carbonyl (C=O) groups is 1. The molecule has 1 aliphatic rings. The van der Waals surface area contributed by atoms with Crippen molar-refractivity contribution in [3.05, 3.63) is 71.8 Å². The third kappa shape index (κ3) is 4.93. The standard InChI is InChI=1S/C22H28N2O/c1-17-16-20(12-14-23-17)22(25)24-15-13-21(18-8-4-2-5-9-18)19-10-6-3-7-11-19/h2-11,17,20-21,23H,12-16H2,1H3,(H,24,25)/t17-,20-/m0/s1. The van der Waals surface area contributed by atoms with Crippen molar-refractivity contribution in [2.24, 2.45) is 5.92 Å². The molecule has 1 amide bonds. The highest BCUT2D eigenvalue weighted by molar-refractivity contribution is 5.78. The summed E-state index contributed by atoms with van der Waals surface area (Å²) in [6.07, 6.45) is 2.80. The molecule has 0 aromatic heterocycles. The minimum Gasteiger partial charge on any atom is -0.356 e. The molecule has 2 aromatic rings. The van der Waals surface area contributed by atoms with Crippen molar-refractivity contribution < 1.29 is 4.79 Å². The summed E-state index contributed by atoms with van der Waals surface area (Å²) in [6, 6.07) is 21.6. The first-order valence-electron chi connectivity index (χ1n) is 9.35. The van der Waals surface area contributed by atoms with Gasteiger partial charge in [0.2, 0.25) is 5.91 Å². The molecular formula is C22H28N2O. The van der Waals surface area contributed by atoms with Crippen LogP contribution in [0.1, 0.15) is 43.2 Å². The van der Waals surface area contributed by atoms with Gasteiger partial charge in [0.25, 0.3) is 0 Å². The lowest BCUT2D eigenvalue weighted by Gasteiger charge is -2.27. The number of rotatable bonds is 6. The molecule has 0 unspecified atom stereocenters. The van der Waals surface area contributed by atoms with Crippen LogP contribution in [-0.4, -0.2) is 25.0 Å². The smallest absolute Gasteiger partial charge is 0.223 e. The summed E-state index contributed by atoms with van der Waals surface area (Å²) in [7, 11) is 0. The summed E-state index contributed by atoms with van der Waals surface area (Å²) >= 11 is 0. The number of carbonyl (C=O) groups excluding carboxylic acids is 1. The second-order valence-electron chi connectivity index (χ2n) is 7.03. The number of hydrogen-bond donors (Lipinski definition) is 2. The summed E-state index contributed by atoms with van der Waals surface area (Å²) < 4.78 is 0. The average molecular weight is 336 g/mol. The molecule has 3 rings (SSSR count). The lowest BCUT2D eigenvalue weighted by Crippen LogP contribution is -2.42. The van der Waals surface area contributed by atoms with E-state index >= 15 is 0 Å². The first kappa shape index (κ1) is 17.7. The van der Waals surface area contributed by atoms with Gasteiger partial charge in [-0.15, -0.1) is 0 Å². The molecule has 2 N–H and O–H groups in total. The fourth-order valence-electron chi connectivity index (χ4n) is 3.75. The summed E-state index contributed by atoms with van der Waals surface area (Å²) in [5.74, 6) is 0.686. The monoisotopic (exact) mass is 336 g/mol. The summed E-state index contributed by atoms with van der Waals surface area (Å²) in [6.45, 7) is 3.81. The summed E-state index contributed by atoms with van der Waals surface area (Å²) in [5.41, 5.74) is 2.61. The van der Waals surface area contributed by atoms with E-state index in [2.05, 4.69) is 66.1 Å². The maximum Gasteiger partial charge on any atom is 0.223 e. The maximum atomic E-state index is 12.5. The quantitative estimate of drug-likeness (QED) is 0.844. The van der Waals surface area contributed by atoms with Crippen LogP contribution in [0.2, 0.25) is 0 Å². The predicted octanol–water partition coefficient (Wildman–Crippen LogP) is 3.71. The number of benzene rings is 2. The van der Waals surface area contributed by atoms with Crippen LogP contribution >= 0.6 is 0 Å². The largest absolute Gasteiger partial charge is 0.356 e. The van der Waals surface area contributed by atoms with Crippen molar-refractivity contribution >= 4 is 5.91 Å². The number of hydrogen-bond acceptors (Lipinski definition) is 2. The van der Waals surface area contributed by atoms with Crippen LogP contribution in [0, 0.1) is 5.92 Å². The van der Waals surface area contributed by atoms with Gasteiger partial charge in [-0.1, -0.05) is 60.7 Å². The summed E-state index contributed by atoms with van der Waals surface area (Å²) in [5, 5.41) is 6.58. The van der Waals surface area contributed by atoms with Crippen LogP contribution in [0.4, 0.5) is 0 Å². The Hall–Kier alpha value is -2.13. The van der Waals surface area contributed by atoms with E-state index in [0.29, 0.717) is 18.5 Å². The van der Waals surface area contributed by atoms with E-state index in [9.17, 15) is 4.79 Å². The Labute approximate surface area is 150 Å². The molecule has 2 aromatic carbocycles. The van der Waals surface area contributed by atoms with Gasteiger partial charge in [-0.3, -0.25) is 4.79 Å². The molecule has 2 atom stereocenters. The van der Waals surface area contributed by atoms with Crippen LogP contribution in [0.15, 0.2) is 60.7 Å². The molecule has 0 aliphatic carbocycles. The number of piperidine rings is 1. The number of amides is 1. The highest BCUT2D eigenvalue weighted by atomic mass is 16.1. The molecule has 0 saturated carbocycles. The van der Waals surface area contributed by atoms with Gasteiger partial charge in [0, 0.05) is 24.4 Å². The molecule has 0 spiro atoms. The van der Waals surface area contributed by atoms with Gasteiger partial charge >= 0.3 is 0 Å². The van der Waals surface area contributed by atoms with Crippen molar-refractivity contribution in [3.8, 4) is 0 Å². The van der Waals surface area contributed by atoms with Gasteiger partial charge in [-0.25, -0.2) is 0 Å². The minimum atomic E-state index is 0.156. The van der Waals surface area contributed by atoms with Crippen molar-refractivity contribution in [3.63, 3.8) is 0 Å². The molecule has 25 heavy (non-hydrogen) atoms. The highest BCUT2D eigenvalue weighted by Gasteiger charge is 2.24. The van der Waals surface area contributed by atoms with Crippen LogP contribution < -0.4 is 10.6 Å². The van der Waals surface area contributed by atoms with E-state index in [1.165, 1.54) is 11.1 Å². The van der Waals surface area contributed by atoms with Gasteiger partial charge in [-0.05, 0) is 43.9 Å². The fraction of sp³-hybridized carbons (Fsp3) is 0.409. The SMILES string of the molecule is C[C@H]1C[C@@H](C(=O)NCCC(c2ccccc2)c2ccccc2)CCN1. The van der Waals surface area contributed by atoms with Gasteiger partial charge < -0.3 is 10.6 Å². The Kier molecular flexibility index (Phi) is 6.24. The molecule has 1 heterocycles. The average Bonchev–Trinajstić information content (AvgIpc) is 2.66. The van der Waals surface area contributed by atoms with Crippen molar-refractivity contribution in [2.45, 2.75) is 38.1 Å². The lowest BCUT2D eigenvalue weighted by molar-refractivity contribution is -0.126. The molecule has 132 valence electrons. The van der Waals surface area contributed by atoms with E-state index in [1.54, 1.807) is 0 Å². The molecule has 0 radical (unpaired) electrons. The number of nitrogens with one attached hydrogen (secondary N) is 2. The molecular weight excluding hydrogens is 308 g/mol. The van der Waals surface area contributed by atoms with Crippen molar-refractivity contribution in [1.29, 1.82) is 0 Å². The second-order valence-corrected chi connectivity index (χ2v) is 7.03. The van der Waals surface area contributed by atoms with Crippen LogP contribution in [-0.2, 0) is 4.79 Å². The van der Waals surface area contributed by atoms with Gasteiger partial charge in [0.05, 0.1) is 0 Å². The summed E-state index contributed by atoms with van der Waals surface area (Å²) in [4.78, 5) is 12.5. The molecule has 3 nitrogen and oxygen atoms in total. The van der Waals surface area contributed by atoms with E-state index in [1.807, 2.05) is 12.1 Å². The molecule has 1 fully saturated rings. The fourth-order valence-corrected chi connectivity index (χ4v) is 3.75. The first-order valence-corrected chi connectivity index (χ1v) is 9.35. The Morgan fingerprint density at radius 2 is 1.68 bits per heavy atom. The Morgan fingerprint density at radius 1 is 1.08 bits per heavy atom. The van der Waals surface area contributed by atoms with Crippen LogP contribution in [0.5, 0.6) is 0 Å². The third-order valence-electron chi connectivity index (χ3n) is 5.13. The van der Waals surface area contributed by atoms with Crippen molar-refractivity contribution in [1.82, 2.24) is 10.6 Å². The van der Waals surface area contributed by atoms with E-state index < -0.39 is 0 Å². The first-order chi connectivity index (χ1) is 12.2. The Balaban J connectivity index is 1.60. The lowest BCUT2D eigenvalue weighted by atomic mass is 9.88. The second kappa shape index (κ2) is 8.82. The van der Waals surface area contributed by atoms with Crippen LogP contribution in [0.3, 0.4) is 0 Å². The van der Waals surface area contributed by atoms with E-state index in [-0.39, 0.29) is 11.8 Å². The molecule has 3 heteroatoms. The van der Waals surface area contributed by atoms with Gasteiger partial charge in [0.1, 0.15) is 0 Å². The van der Waals surface area contributed by atoms with E-state index in [0.717, 1.165) is 25.8 Å².